The molecular formula is C22H22ClNO2. The molecule has 0 aliphatic rings. The van der Waals surface area contributed by atoms with Crippen LogP contribution in [0.5, 0.6) is 11.5 Å². The zero-order valence-corrected chi connectivity index (χ0v) is 15.5. The van der Waals surface area contributed by atoms with Gasteiger partial charge in [0.25, 0.3) is 0 Å². The van der Waals surface area contributed by atoms with Crippen molar-refractivity contribution in [2.75, 3.05) is 11.9 Å². The molecule has 3 aromatic rings. The summed E-state index contributed by atoms with van der Waals surface area (Å²) in [5, 5.41) is 4.12. The second-order valence-electron chi connectivity index (χ2n) is 5.81. The van der Waals surface area contributed by atoms with E-state index in [0.717, 1.165) is 33.3 Å². The number of hydrogen-bond donors (Lipinski definition) is 1. The van der Waals surface area contributed by atoms with E-state index in [0.29, 0.717) is 19.8 Å². The Kier molecular flexibility index (Phi) is 6.39. The zero-order valence-electron chi connectivity index (χ0n) is 14.7. The fourth-order valence-corrected chi connectivity index (χ4v) is 2.75. The summed E-state index contributed by atoms with van der Waals surface area (Å²) in [6.07, 6.45) is 0. The Balaban J connectivity index is 1.76. The van der Waals surface area contributed by atoms with Crippen LogP contribution in [0.2, 0.25) is 5.02 Å². The molecule has 0 atom stereocenters. The molecule has 3 nitrogen and oxygen atoms in total. The van der Waals surface area contributed by atoms with Crippen molar-refractivity contribution in [1.82, 2.24) is 0 Å². The van der Waals surface area contributed by atoms with E-state index in [1.54, 1.807) is 0 Å². The van der Waals surface area contributed by atoms with Crippen LogP contribution in [0.1, 0.15) is 18.1 Å². The minimum absolute atomic E-state index is 0.499. The molecule has 134 valence electrons. The molecule has 0 saturated heterocycles. The Morgan fingerprint density at radius 1 is 0.846 bits per heavy atom. The van der Waals surface area contributed by atoms with Gasteiger partial charge in [0.05, 0.1) is 6.61 Å². The second kappa shape index (κ2) is 9.16. The molecule has 0 aliphatic heterocycles. The number of halogens is 1. The van der Waals surface area contributed by atoms with E-state index in [2.05, 4.69) is 17.4 Å². The number of hydrogen-bond acceptors (Lipinski definition) is 3. The number of ether oxygens (including phenoxy) is 2. The van der Waals surface area contributed by atoms with E-state index in [1.807, 2.05) is 67.6 Å². The molecule has 4 heteroatoms. The molecule has 0 aliphatic carbocycles. The Hall–Kier alpha value is -2.65. The van der Waals surface area contributed by atoms with Crippen LogP contribution in [-0.4, -0.2) is 6.61 Å². The molecule has 1 N–H and O–H groups in total. The van der Waals surface area contributed by atoms with E-state index in [9.17, 15) is 0 Å². The van der Waals surface area contributed by atoms with Crippen molar-refractivity contribution in [2.24, 2.45) is 0 Å². The van der Waals surface area contributed by atoms with Gasteiger partial charge in [-0.15, -0.1) is 0 Å². The van der Waals surface area contributed by atoms with Crippen LogP contribution in [0.3, 0.4) is 0 Å². The smallest absolute Gasteiger partial charge is 0.166 e. The summed E-state index contributed by atoms with van der Waals surface area (Å²) in [7, 11) is 0. The molecule has 0 radical (unpaired) electrons. The highest BCUT2D eigenvalue weighted by atomic mass is 35.5. The highest BCUT2D eigenvalue weighted by molar-refractivity contribution is 6.30. The first kappa shape index (κ1) is 18.2. The molecule has 0 unspecified atom stereocenters. The van der Waals surface area contributed by atoms with Gasteiger partial charge >= 0.3 is 0 Å². The van der Waals surface area contributed by atoms with Gasteiger partial charge in [0, 0.05) is 22.8 Å². The summed E-state index contributed by atoms with van der Waals surface area (Å²) in [6, 6.07) is 23.7. The summed E-state index contributed by atoms with van der Waals surface area (Å²) < 4.78 is 11.9. The monoisotopic (exact) mass is 367 g/mol. The van der Waals surface area contributed by atoms with Crippen molar-refractivity contribution in [3.63, 3.8) is 0 Å². The first-order valence-corrected chi connectivity index (χ1v) is 9.05. The Morgan fingerprint density at radius 3 is 2.35 bits per heavy atom. The molecular weight excluding hydrogens is 346 g/mol. The standard InChI is InChI=1S/C22H22ClNO2/c1-2-25-21-10-6-9-18(15-24-20-13-11-19(23)12-14-20)22(21)26-16-17-7-4-3-5-8-17/h3-14,24H,2,15-16H2,1H3. The summed E-state index contributed by atoms with van der Waals surface area (Å²) in [6.45, 7) is 3.70. The molecule has 0 fully saturated rings. The minimum atomic E-state index is 0.499. The summed E-state index contributed by atoms with van der Waals surface area (Å²) in [5.41, 5.74) is 3.17. The van der Waals surface area contributed by atoms with Gasteiger partial charge in [-0.25, -0.2) is 0 Å². The summed E-state index contributed by atoms with van der Waals surface area (Å²) in [5.74, 6) is 1.54. The number of anilines is 1. The van der Waals surface area contributed by atoms with Gasteiger partial charge in [-0.1, -0.05) is 54.1 Å². The molecule has 0 amide bonds. The predicted octanol–water partition coefficient (Wildman–Crippen LogP) is 5.93. The molecule has 3 aromatic carbocycles. The quantitative estimate of drug-likeness (QED) is 0.535. The van der Waals surface area contributed by atoms with Crippen molar-refractivity contribution in [3.8, 4) is 11.5 Å². The average Bonchev–Trinajstić information content (AvgIpc) is 2.68. The molecule has 0 spiro atoms. The van der Waals surface area contributed by atoms with Crippen LogP contribution >= 0.6 is 11.6 Å². The van der Waals surface area contributed by atoms with Crippen molar-refractivity contribution in [1.29, 1.82) is 0 Å². The van der Waals surface area contributed by atoms with Gasteiger partial charge < -0.3 is 14.8 Å². The van der Waals surface area contributed by atoms with Crippen LogP contribution in [0.4, 0.5) is 5.69 Å². The SMILES string of the molecule is CCOc1cccc(CNc2ccc(Cl)cc2)c1OCc1ccccc1. The maximum absolute atomic E-state index is 6.13. The van der Waals surface area contributed by atoms with Crippen LogP contribution in [0.25, 0.3) is 0 Å². The van der Waals surface area contributed by atoms with Gasteiger partial charge in [0.2, 0.25) is 0 Å². The first-order chi connectivity index (χ1) is 12.8. The molecule has 0 heterocycles. The van der Waals surface area contributed by atoms with Gasteiger partial charge in [-0.2, -0.15) is 0 Å². The van der Waals surface area contributed by atoms with E-state index in [1.165, 1.54) is 0 Å². The summed E-state index contributed by atoms with van der Waals surface area (Å²) in [4.78, 5) is 0. The lowest BCUT2D eigenvalue weighted by Crippen LogP contribution is -2.06. The van der Waals surface area contributed by atoms with E-state index < -0.39 is 0 Å². The number of para-hydroxylation sites is 1. The Morgan fingerprint density at radius 2 is 1.62 bits per heavy atom. The zero-order chi connectivity index (χ0) is 18.2. The maximum Gasteiger partial charge on any atom is 0.166 e. The first-order valence-electron chi connectivity index (χ1n) is 8.67. The van der Waals surface area contributed by atoms with Crippen molar-refractivity contribution in [3.05, 3.63) is 88.9 Å². The average molecular weight is 368 g/mol. The third kappa shape index (κ3) is 4.93. The van der Waals surface area contributed by atoms with Crippen LogP contribution in [0.15, 0.2) is 72.8 Å². The molecule has 3 rings (SSSR count). The molecule has 0 bridgehead atoms. The third-order valence-corrected chi connectivity index (χ3v) is 4.17. The van der Waals surface area contributed by atoms with Gasteiger partial charge in [-0.3, -0.25) is 0 Å². The lowest BCUT2D eigenvalue weighted by molar-refractivity contribution is 0.267. The molecule has 0 saturated carbocycles. The Labute approximate surface area is 159 Å². The largest absolute Gasteiger partial charge is 0.490 e. The van der Waals surface area contributed by atoms with Crippen LogP contribution < -0.4 is 14.8 Å². The van der Waals surface area contributed by atoms with Gasteiger partial charge in [0.15, 0.2) is 11.5 Å². The number of benzene rings is 3. The number of rotatable bonds is 8. The van der Waals surface area contributed by atoms with Gasteiger partial charge in [0.1, 0.15) is 6.61 Å². The normalized spacial score (nSPS) is 10.4. The third-order valence-electron chi connectivity index (χ3n) is 3.91. The van der Waals surface area contributed by atoms with Crippen molar-refractivity contribution < 1.29 is 9.47 Å². The highest BCUT2D eigenvalue weighted by Gasteiger charge is 2.11. The lowest BCUT2D eigenvalue weighted by atomic mass is 10.1. The van der Waals surface area contributed by atoms with Crippen molar-refractivity contribution in [2.45, 2.75) is 20.1 Å². The van der Waals surface area contributed by atoms with E-state index in [-0.39, 0.29) is 0 Å². The lowest BCUT2D eigenvalue weighted by Gasteiger charge is -2.17. The van der Waals surface area contributed by atoms with Crippen LogP contribution in [0, 0.1) is 0 Å². The second-order valence-corrected chi connectivity index (χ2v) is 6.25. The predicted molar refractivity (Wildman–Crippen MR) is 107 cm³/mol. The van der Waals surface area contributed by atoms with E-state index in [4.69, 9.17) is 21.1 Å². The van der Waals surface area contributed by atoms with Crippen LogP contribution in [-0.2, 0) is 13.2 Å². The molecule has 0 aromatic heterocycles. The number of nitrogens with one attached hydrogen (secondary N) is 1. The topological polar surface area (TPSA) is 30.5 Å². The molecule has 26 heavy (non-hydrogen) atoms. The van der Waals surface area contributed by atoms with E-state index >= 15 is 0 Å². The highest BCUT2D eigenvalue weighted by Crippen LogP contribution is 2.32. The maximum atomic E-state index is 6.13. The summed E-state index contributed by atoms with van der Waals surface area (Å²) >= 11 is 5.94. The fourth-order valence-electron chi connectivity index (χ4n) is 2.63. The van der Waals surface area contributed by atoms with Gasteiger partial charge in [-0.05, 0) is 42.8 Å². The fraction of sp³-hybridized carbons (Fsp3) is 0.182. The Bertz CT molecular complexity index is 819. The minimum Gasteiger partial charge on any atom is -0.490 e. The van der Waals surface area contributed by atoms with Crippen molar-refractivity contribution >= 4 is 17.3 Å².